The molecule has 21 heavy (non-hydrogen) atoms. The minimum absolute atomic E-state index is 0.236. The maximum atomic E-state index is 10.9. The summed E-state index contributed by atoms with van der Waals surface area (Å²) in [6.07, 6.45) is 0.720. The van der Waals surface area contributed by atoms with Crippen LogP contribution in [0.2, 0.25) is 0 Å². The van der Waals surface area contributed by atoms with Crippen LogP contribution in [0.1, 0.15) is 18.1 Å². The Morgan fingerprint density at radius 3 is 2.62 bits per heavy atom. The van der Waals surface area contributed by atoms with Gasteiger partial charge in [-0.25, -0.2) is 0 Å². The van der Waals surface area contributed by atoms with Gasteiger partial charge in [0.15, 0.2) is 0 Å². The third-order valence-corrected chi connectivity index (χ3v) is 4.88. The van der Waals surface area contributed by atoms with Crippen molar-refractivity contribution in [2.24, 2.45) is 0 Å². The lowest BCUT2D eigenvalue weighted by Crippen LogP contribution is -2.04. The molecule has 0 radical (unpaired) electrons. The number of carbonyl (C=O) groups is 1. The normalized spacial score (nSPS) is 10.4. The average molecular weight is 365 g/mol. The molecule has 0 saturated carbocycles. The maximum Gasteiger partial charge on any atom is 0.302 e. The number of esters is 1. The van der Waals surface area contributed by atoms with Gasteiger partial charge in [0.1, 0.15) is 0 Å². The summed E-state index contributed by atoms with van der Waals surface area (Å²) >= 11 is 5.39. The summed E-state index contributed by atoms with van der Waals surface area (Å²) < 4.78 is 6.11. The highest BCUT2D eigenvalue weighted by atomic mass is 79.9. The molecule has 2 nitrogen and oxygen atoms in total. The van der Waals surface area contributed by atoms with Crippen LogP contribution in [0.4, 0.5) is 0 Å². The van der Waals surface area contributed by atoms with Crippen LogP contribution in [-0.4, -0.2) is 12.6 Å². The number of halogens is 1. The van der Waals surface area contributed by atoms with Crippen molar-refractivity contribution in [3.63, 3.8) is 0 Å². The van der Waals surface area contributed by atoms with E-state index in [4.69, 9.17) is 4.74 Å². The van der Waals surface area contributed by atoms with Crippen LogP contribution in [0.3, 0.4) is 0 Å². The summed E-state index contributed by atoms with van der Waals surface area (Å²) in [5, 5.41) is 0. The highest BCUT2D eigenvalue weighted by molar-refractivity contribution is 9.10. The van der Waals surface area contributed by atoms with Gasteiger partial charge in [0.2, 0.25) is 0 Å². The molecule has 4 heteroatoms. The standard InChI is InChI=1S/C17H17BrO2S/c1-13(19)20-11-10-15-16(18)8-5-9-17(15)21-12-14-6-3-2-4-7-14/h2-9H,10-12H2,1H3. The number of hydrogen-bond donors (Lipinski definition) is 0. The zero-order valence-electron chi connectivity index (χ0n) is 11.8. The molecule has 0 spiro atoms. The van der Waals surface area contributed by atoms with E-state index in [0.29, 0.717) is 6.61 Å². The van der Waals surface area contributed by atoms with Crippen LogP contribution in [0.5, 0.6) is 0 Å². The molecule has 0 unspecified atom stereocenters. The SMILES string of the molecule is CC(=O)OCCc1c(Br)cccc1SCc1ccccc1. The number of benzene rings is 2. The molecule has 2 aromatic rings. The number of hydrogen-bond acceptors (Lipinski definition) is 3. The van der Waals surface area contributed by atoms with Crippen molar-refractivity contribution < 1.29 is 9.53 Å². The molecule has 110 valence electrons. The lowest BCUT2D eigenvalue weighted by molar-refractivity contribution is -0.140. The first-order chi connectivity index (χ1) is 10.2. The second-order valence-corrected chi connectivity index (χ2v) is 6.45. The molecule has 0 bridgehead atoms. The number of ether oxygens (including phenoxy) is 1. The molecule has 2 rings (SSSR count). The quantitative estimate of drug-likeness (QED) is 0.541. The summed E-state index contributed by atoms with van der Waals surface area (Å²) in [6, 6.07) is 16.6. The van der Waals surface area contributed by atoms with E-state index < -0.39 is 0 Å². The Bertz CT molecular complexity index is 599. The van der Waals surface area contributed by atoms with Crippen molar-refractivity contribution in [1.82, 2.24) is 0 Å². The first-order valence-corrected chi connectivity index (χ1v) is 8.52. The first kappa shape index (κ1) is 16.1. The largest absolute Gasteiger partial charge is 0.466 e. The van der Waals surface area contributed by atoms with Crippen LogP contribution < -0.4 is 0 Å². The van der Waals surface area contributed by atoms with E-state index in [9.17, 15) is 4.79 Å². The van der Waals surface area contributed by atoms with Gasteiger partial charge in [-0.05, 0) is 23.3 Å². The molecular formula is C17H17BrO2S. The summed E-state index contributed by atoms with van der Waals surface area (Å²) in [6.45, 7) is 1.85. The van der Waals surface area contributed by atoms with Crippen LogP contribution in [0.15, 0.2) is 57.9 Å². The van der Waals surface area contributed by atoms with Gasteiger partial charge in [0.05, 0.1) is 6.61 Å². The number of carbonyl (C=O) groups excluding carboxylic acids is 1. The molecule has 0 heterocycles. The lowest BCUT2D eigenvalue weighted by Gasteiger charge is -2.11. The summed E-state index contributed by atoms with van der Waals surface area (Å²) in [7, 11) is 0. The molecule has 0 aliphatic rings. The van der Waals surface area contributed by atoms with Gasteiger partial charge in [-0.15, -0.1) is 11.8 Å². The molecule has 0 aromatic heterocycles. The highest BCUT2D eigenvalue weighted by Crippen LogP contribution is 2.31. The summed E-state index contributed by atoms with van der Waals surface area (Å²) in [5.74, 6) is 0.693. The van der Waals surface area contributed by atoms with Gasteiger partial charge in [-0.1, -0.05) is 52.3 Å². The topological polar surface area (TPSA) is 26.3 Å². The second-order valence-electron chi connectivity index (χ2n) is 4.58. The maximum absolute atomic E-state index is 10.9. The third-order valence-electron chi connectivity index (χ3n) is 2.97. The van der Waals surface area contributed by atoms with Gasteiger partial charge in [0, 0.05) is 28.5 Å². The molecule has 0 fully saturated rings. The first-order valence-electron chi connectivity index (χ1n) is 6.74. The van der Waals surface area contributed by atoms with Crippen molar-refractivity contribution in [2.75, 3.05) is 6.61 Å². The van der Waals surface area contributed by atoms with E-state index in [1.807, 2.05) is 18.2 Å². The minimum atomic E-state index is -0.236. The second kappa shape index (κ2) is 8.25. The van der Waals surface area contributed by atoms with Crippen molar-refractivity contribution in [2.45, 2.75) is 24.0 Å². The summed E-state index contributed by atoms with van der Waals surface area (Å²) in [4.78, 5) is 12.1. The molecule has 2 aromatic carbocycles. The van der Waals surface area contributed by atoms with E-state index in [0.717, 1.165) is 16.6 Å². The van der Waals surface area contributed by atoms with Gasteiger partial charge in [-0.2, -0.15) is 0 Å². The van der Waals surface area contributed by atoms with Crippen LogP contribution in [0.25, 0.3) is 0 Å². The third kappa shape index (κ3) is 5.21. The van der Waals surface area contributed by atoms with Crippen molar-refractivity contribution in [3.05, 3.63) is 64.1 Å². The Labute approximate surface area is 138 Å². The van der Waals surface area contributed by atoms with Crippen LogP contribution in [0, 0.1) is 0 Å². The fourth-order valence-corrected chi connectivity index (χ4v) is 3.72. The molecule has 0 aliphatic carbocycles. The van der Waals surface area contributed by atoms with Gasteiger partial charge < -0.3 is 4.74 Å². The Morgan fingerprint density at radius 1 is 1.14 bits per heavy atom. The van der Waals surface area contributed by atoms with E-state index in [-0.39, 0.29) is 5.97 Å². The molecule has 0 aliphatic heterocycles. The van der Waals surface area contributed by atoms with Crippen molar-refractivity contribution in [1.29, 1.82) is 0 Å². The van der Waals surface area contributed by atoms with Gasteiger partial charge in [-0.3, -0.25) is 4.79 Å². The van der Waals surface area contributed by atoms with Crippen molar-refractivity contribution >= 4 is 33.7 Å². The lowest BCUT2D eigenvalue weighted by atomic mass is 10.2. The van der Waals surface area contributed by atoms with Gasteiger partial charge in [0.25, 0.3) is 0 Å². The molecule has 0 amide bonds. The van der Waals surface area contributed by atoms with E-state index in [1.165, 1.54) is 22.9 Å². The Hall–Kier alpha value is -1.26. The Kier molecular flexibility index (Phi) is 6.33. The number of thioether (sulfide) groups is 1. The zero-order valence-corrected chi connectivity index (χ0v) is 14.2. The minimum Gasteiger partial charge on any atom is -0.466 e. The highest BCUT2D eigenvalue weighted by Gasteiger charge is 2.08. The summed E-state index contributed by atoms with van der Waals surface area (Å²) in [5.41, 5.74) is 2.49. The zero-order chi connectivity index (χ0) is 15.1. The Morgan fingerprint density at radius 2 is 1.90 bits per heavy atom. The van der Waals surface area contributed by atoms with Crippen LogP contribution in [-0.2, 0) is 21.7 Å². The molecule has 0 saturated heterocycles. The van der Waals surface area contributed by atoms with Crippen LogP contribution >= 0.6 is 27.7 Å². The monoisotopic (exact) mass is 364 g/mol. The van der Waals surface area contributed by atoms with E-state index in [2.05, 4.69) is 46.3 Å². The molecule has 0 atom stereocenters. The predicted molar refractivity (Wildman–Crippen MR) is 90.5 cm³/mol. The number of rotatable bonds is 6. The smallest absolute Gasteiger partial charge is 0.302 e. The predicted octanol–water partition coefficient (Wildman–Crippen LogP) is 4.85. The fourth-order valence-electron chi connectivity index (χ4n) is 1.95. The molecule has 0 N–H and O–H groups in total. The fraction of sp³-hybridized carbons (Fsp3) is 0.235. The average Bonchev–Trinajstić information content (AvgIpc) is 2.48. The van der Waals surface area contributed by atoms with E-state index >= 15 is 0 Å². The molecular weight excluding hydrogens is 348 g/mol. The van der Waals surface area contributed by atoms with E-state index in [1.54, 1.807) is 11.8 Å². The Balaban J connectivity index is 2.04. The van der Waals surface area contributed by atoms with Crippen molar-refractivity contribution in [3.8, 4) is 0 Å². The van der Waals surface area contributed by atoms with Gasteiger partial charge >= 0.3 is 5.97 Å².